The molecular formula is C11H11BrO2. The van der Waals surface area contributed by atoms with E-state index in [1.165, 1.54) is 13.2 Å². The van der Waals surface area contributed by atoms with Crippen molar-refractivity contribution in [2.45, 2.75) is 6.92 Å². The first kappa shape index (κ1) is 11.0. The van der Waals surface area contributed by atoms with E-state index in [1.54, 1.807) is 0 Å². The second-order valence-corrected chi connectivity index (χ2v) is 3.68. The highest BCUT2D eigenvalue weighted by atomic mass is 79.9. The second kappa shape index (κ2) is 4.96. The molecular weight excluding hydrogens is 244 g/mol. The third kappa shape index (κ3) is 2.70. The van der Waals surface area contributed by atoms with Crippen molar-refractivity contribution in [1.82, 2.24) is 0 Å². The lowest BCUT2D eigenvalue weighted by Gasteiger charge is -2.03. The lowest BCUT2D eigenvalue weighted by Crippen LogP contribution is -1.95. The summed E-state index contributed by atoms with van der Waals surface area (Å²) in [4.78, 5) is 11.0. The summed E-state index contributed by atoms with van der Waals surface area (Å²) >= 11 is 3.42. The summed E-state index contributed by atoms with van der Waals surface area (Å²) in [6, 6.07) is 7.73. The molecule has 0 aromatic heterocycles. The van der Waals surface area contributed by atoms with E-state index in [4.69, 9.17) is 0 Å². The average Bonchev–Trinajstić information content (AvgIpc) is 2.18. The van der Waals surface area contributed by atoms with Crippen LogP contribution < -0.4 is 0 Å². The molecule has 2 nitrogen and oxygen atoms in total. The Morgan fingerprint density at radius 1 is 1.43 bits per heavy atom. The van der Waals surface area contributed by atoms with Crippen molar-refractivity contribution in [1.29, 1.82) is 0 Å². The number of ether oxygens (including phenoxy) is 1. The number of carbonyl (C=O) groups is 1. The van der Waals surface area contributed by atoms with Crippen LogP contribution in [0.4, 0.5) is 0 Å². The third-order valence-corrected chi connectivity index (χ3v) is 2.53. The molecule has 0 heterocycles. The molecule has 0 bridgehead atoms. The molecule has 0 saturated heterocycles. The van der Waals surface area contributed by atoms with Gasteiger partial charge in [0.05, 0.1) is 7.11 Å². The summed E-state index contributed by atoms with van der Waals surface area (Å²) in [6.45, 7) is 1.87. The number of carbonyl (C=O) groups excluding carboxylic acids is 1. The molecule has 1 rings (SSSR count). The number of esters is 1. The fourth-order valence-electron chi connectivity index (χ4n) is 1.09. The summed E-state index contributed by atoms with van der Waals surface area (Å²) in [6.07, 6.45) is 1.47. The van der Waals surface area contributed by atoms with Crippen molar-refractivity contribution >= 4 is 27.5 Å². The van der Waals surface area contributed by atoms with Crippen LogP contribution in [-0.4, -0.2) is 13.1 Å². The van der Waals surface area contributed by atoms with Gasteiger partial charge in [0.15, 0.2) is 0 Å². The normalized spacial score (nSPS) is 11.2. The summed E-state index contributed by atoms with van der Waals surface area (Å²) in [5, 5.41) is 0. The monoisotopic (exact) mass is 254 g/mol. The van der Waals surface area contributed by atoms with Crippen LogP contribution in [0.5, 0.6) is 0 Å². The van der Waals surface area contributed by atoms with E-state index < -0.39 is 0 Å². The van der Waals surface area contributed by atoms with E-state index in [-0.39, 0.29) is 5.97 Å². The van der Waals surface area contributed by atoms with E-state index in [0.717, 1.165) is 15.6 Å². The number of allylic oxidation sites excluding steroid dienone is 1. The van der Waals surface area contributed by atoms with Crippen LogP contribution in [-0.2, 0) is 9.53 Å². The first-order valence-corrected chi connectivity index (χ1v) is 4.95. The molecule has 3 heteroatoms. The molecule has 0 atom stereocenters. The van der Waals surface area contributed by atoms with Gasteiger partial charge in [0.25, 0.3) is 0 Å². The van der Waals surface area contributed by atoms with Crippen LogP contribution in [0.1, 0.15) is 12.5 Å². The molecule has 14 heavy (non-hydrogen) atoms. The fraction of sp³-hybridized carbons (Fsp3) is 0.182. The average molecular weight is 255 g/mol. The molecule has 1 aromatic rings. The van der Waals surface area contributed by atoms with Crippen LogP contribution in [0.25, 0.3) is 5.57 Å². The van der Waals surface area contributed by atoms with Gasteiger partial charge in [-0.05, 0) is 24.1 Å². The molecule has 0 N–H and O–H groups in total. The quantitative estimate of drug-likeness (QED) is 0.599. The number of rotatable bonds is 2. The van der Waals surface area contributed by atoms with Crippen molar-refractivity contribution in [2.24, 2.45) is 0 Å². The van der Waals surface area contributed by atoms with E-state index in [9.17, 15) is 4.79 Å². The Bertz CT molecular complexity index is 369. The number of hydrogen-bond acceptors (Lipinski definition) is 2. The second-order valence-electron chi connectivity index (χ2n) is 2.83. The van der Waals surface area contributed by atoms with Crippen molar-refractivity contribution in [3.63, 3.8) is 0 Å². The molecule has 0 radical (unpaired) electrons. The maximum atomic E-state index is 11.0. The summed E-state index contributed by atoms with van der Waals surface area (Å²) < 4.78 is 5.52. The lowest BCUT2D eigenvalue weighted by atomic mass is 10.1. The zero-order valence-corrected chi connectivity index (χ0v) is 9.67. The van der Waals surface area contributed by atoms with Crippen LogP contribution in [0.3, 0.4) is 0 Å². The SMILES string of the molecule is COC(=O)/C=C(/C)c1ccccc1Br. The largest absolute Gasteiger partial charge is 0.466 e. The Morgan fingerprint density at radius 3 is 2.64 bits per heavy atom. The number of methoxy groups -OCH3 is 1. The van der Waals surface area contributed by atoms with Crippen molar-refractivity contribution < 1.29 is 9.53 Å². The van der Waals surface area contributed by atoms with Crippen molar-refractivity contribution in [3.8, 4) is 0 Å². The van der Waals surface area contributed by atoms with Gasteiger partial charge in [-0.25, -0.2) is 4.79 Å². The molecule has 0 unspecified atom stereocenters. The van der Waals surface area contributed by atoms with E-state index in [0.29, 0.717) is 0 Å². The highest BCUT2D eigenvalue weighted by Gasteiger charge is 2.02. The smallest absolute Gasteiger partial charge is 0.330 e. The predicted octanol–water partition coefficient (Wildman–Crippen LogP) is 3.03. The van der Waals surface area contributed by atoms with Gasteiger partial charge in [0.1, 0.15) is 0 Å². The van der Waals surface area contributed by atoms with Crippen molar-refractivity contribution in [3.05, 3.63) is 40.4 Å². The first-order chi connectivity index (χ1) is 6.65. The Morgan fingerprint density at radius 2 is 2.07 bits per heavy atom. The molecule has 0 saturated carbocycles. The van der Waals surface area contributed by atoms with Crippen LogP contribution in [0.15, 0.2) is 34.8 Å². The first-order valence-electron chi connectivity index (χ1n) is 4.16. The van der Waals surface area contributed by atoms with Gasteiger partial charge < -0.3 is 4.74 Å². The van der Waals surface area contributed by atoms with Crippen LogP contribution in [0.2, 0.25) is 0 Å². The van der Waals surface area contributed by atoms with E-state index >= 15 is 0 Å². The molecule has 0 aliphatic carbocycles. The van der Waals surface area contributed by atoms with Gasteiger partial charge in [-0.15, -0.1) is 0 Å². The zero-order chi connectivity index (χ0) is 10.6. The summed E-state index contributed by atoms with van der Waals surface area (Å²) in [5.41, 5.74) is 1.88. The van der Waals surface area contributed by atoms with Crippen LogP contribution in [0, 0.1) is 0 Å². The highest BCUT2D eigenvalue weighted by molar-refractivity contribution is 9.10. The molecule has 0 fully saturated rings. The fourth-order valence-corrected chi connectivity index (χ4v) is 1.69. The Hall–Kier alpha value is -1.09. The Kier molecular flexibility index (Phi) is 3.89. The van der Waals surface area contributed by atoms with Gasteiger partial charge in [-0.2, -0.15) is 0 Å². The molecule has 1 aromatic carbocycles. The maximum absolute atomic E-state index is 11.0. The summed E-state index contributed by atoms with van der Waals surface area (Å²) in [7, 11) is 1.37. The molecule has 0 aliphatic rings. The van der Waals surface area contributed by atoms with E-state index in [1.807, 2.05) is 31.2 Å². The van der Waals surface area contributed by atoms with Gasteiger partial charge in [-0.3, -0.25) is 0 Å². The molecule has 0 amide bonds. The number of hydrogen-bond donors (Lipinski definition) is 0. The molecule has 0 aliphatic heterocycles. The van der Waals surface area contributed by atoms with Gasteiger partial charge in [0.2, 0.25) is 0 Å². The van der Waals surface area contributed by atoms with Gasteiger partial charge >= 0.3 is 5.97 Å². The van der Waals surface area contributed by atoms with E-state index in [2.05, 4.69) is 20.7 Å². The Labute approximate surface area is 91.7 Å². The minimum atomic E-state index is -0.335. The summed E-state index contributed by atoms with van der Waals surface area (Å²) in [5.74, 6) is -0.335. The van der Waals surface area contributed by atoms with Crippen LogP contribution >= 0.6 is 15.9 Å². The minimum absolute atomic E-state index is 0.335. The Balaban J connectivity index is 3.00. The molecule has 0 spiro atoms. The zero-order valence-electron chi connectivity index (χ0n) is 8.08. The predicted molar refractivity (Wildman–Crippen MR) is 59.8 cm³/mol. The lowest BCUT2D eigenvalue weighted by molar-refractivity contribution is -0.134. The topological polar surface area (TPSA) is 26.3 Å². The van der Waals surface area contributed by atoms with Gasteiger partial charge in [0, 0.05) is 10.5 Å². The third-order valence-electron chi connectivity index (χ3n) is 1.83. The minimum Gasteiger partial charge on any atom is -0.466 e. The molecule has 74 valence electrons. The maximum Gasteiger partial charge on any atom is 0.330 e. The highest BCUT2D eigenvalue weighted by Crippen LogP contribution is 2.23. The number of halogens is 1. The standard InChI is InChI=1S/C11H11BrO2/c1-8(7-11(13)14-2)9-5-3-4-6-10(9)12/h3-7H,1-2H3/b8-7-. The van der Waals surface area contributed by atoms with Gasteiger partial charge in [-0.1, -0.05) is 34.1 Å². The van der Waals surface area contributed by atoms with Crippen molar-refractivity contribution in [2.75, 3.05) is 7.11 Å². The number of benzene rings is 1.